The van der Waals surface area contributed by atoms with E-state index in [1.54, 1.807) is 25.5 Å². The van der Waals surface area contributed by atoms with Gasteiger partial charge in [0.25, 0.3) is 5.91 Å². The molecule has 0 radical (unpaired) electrons. The Morgan fingerprint density at radius 3 is 2.90 bits per heavy atom. The van der Waals surface area contributed by atoms with E-state index in [1.165, 1.54) is 4.68 Å². The number of rotatable bonds is 2. The van der Waals surface area contributed by atoms with Crippen LogP contribution in [0.1, 0.15) is 10.5 Å². The minimum Gasteiger partial charge on any atom is -0.321 e. The van der Waals surface area contributed by atoms with Gasteiger partial charge in [-0.05, 0) is 40.2 Å². The summed E-state index contributed by atoms with van der Waals surface area (Å²) in [7, 11) is 1.73. The van der Waals surface area contributed by atoms with Crippen molar-refractivity contribution in [3.63, 3.8) is 0 Å². The Morgan fingerprint density at radius 1 is 1.30 bits per heavy atom. The second-order valence-electron chi connectivity index (χ2n) is 4.36. The molecule has 0 atom stereocenters. The molecule has 2 aromatic heterocycles. The summed E-state index contributed by atoms with van der Waals surface area (Å²) in [6.07, 6.45) is 3.32. The second-order valence-corrected chi connectivity index (χ2v) is 5.27. The maximum Gasteiger partial charge on any atom is 0.273 e. The van der Waals surface area contributed by atoms with Gasteiger partial charge in [0.1, 0.15) is 5.69 Å². The van der Waals surface area contributed by atoms with E-state index in [1.807, 2.05) is 24.3 Å². The van der Waals surface area contributed by atoms with Gasteiger partial charge in [-0.2, -0.15) is 5.10 Å². The topological polar surface area (TPSA) is 59.8 Å². The van der Waals surface area contributed by atoms with E-state index in [2.05, 4.69) is 31.3 Å². The Hall–Kier alpha value is -2.21. The molecule has 20 heavy (non-hydrogen) atoms. The maximum absolute atomic E-state index is 12.1. The number of carbonyl (C=O) groups excluding carboxylic acids is 1. The summed E-state index contributed by atoms with van der Waals surface area (Å²) in [5, 5.41) is 7.83. The number of nitrogens with zero attached hydrogens (tertiary/aromatic N) is 3. The Balaban J connectivity index is 1.90. The first kappa shape index (κ1) is 12.8. The molecule has 1 amide bonds. The summed E-state index contributed by atoms with van der Waals surface area (Å²) in [6, 6.07) is 9.27. The molecule has 0 bridgehead atoms. The van der Waals surface area contributed by atoms with Crippen molar-refractivity contribution in [2.75, 3.05) is 5.32 Å². The Labute approximate surface area is 123 Å². The first-order valence-corrected chi connectivity index (χ1v) is 6.77. The molecule has 0 fully saturated rings. The van der Waals surface area contributed by atoms with E-state index in [-0.39, 0.29) is 5.91 Å². The van der Waals surface area contributed by atoms with Gasteiger partial charge in [0.05, 0.1) is 5.52 Å². The summed E-state index contributed by atoms with van der Waals surface area (Å²) in [5.41, 5.74) is 2.04. The third kappa shape index (κ3) is 2.42. The molecule has 0 aliphatic carbocycles. The van der Waals surface area contributed by atoms with Crippen LogP contribution in [0.4, 0.5) is 5.69 Å². The molecule has 0 saturated carbocycles. The molecule has 3 rings (SSSR count). The number of halogens is 1. The number of hydrogen-bond acceptors (Lipinski definition) is 3. The molecule has 0 spiro atoms. The van der Waals surface area contributed by atoms with Crippen molar-refractivity contribution >= 4 is 38.4 Å². The van der Waals surface area contributed by atoms with Crippen LogP contribution >= 0.6 is 15.9 Å². The van der Waals surface area contributed by atoms with Crippen LogP contribution in [0.25, 0.3) is 10.9 Å². The molecule has 6 heteroatoms. The standard InChI is InChI=1S/C14H11BrN4O/c1-19-13(4-5-17-19)14(20)18-11-3-2-9-6-10(15)8-16-12(9)7-11/h2-8H,1H3,(H,18,20). The largest absolute Gasteiger partial charge is 0.321 e. The van der Waals surface area contributed by atoms with E-state index in [4.69, 9.17) is 0 Å². The van der Waals surface area contributed by atoms with Crippen molar-refractivity contribution < 1.29 is 4.79 Å². The molecule has 2 heterocycles. The molecular weight excluding hydrogens is 320 g/mol. The number of hydrogen-bond donors (Lipinski definition) is 1. The van der Waals surface area contributed by atoms with Crippen molar-refractivity contribution in [1.82, 2.24) is 14.8 Å². The molecule has 0 unspecified atom stereocenters. The van der Waals surface area contributed by atoms with Crippen molar-refractivity contribution in [2.24, 2.45) is 7.05 Å². The molecule has 0 aliphatic heterocycles. The van der Waals surface area contributed by atoms with Crippen molar-refractivity contribution in [2.45, 2.75) is 0 Å². The number of nitrogens with one attached hydrogen (secondary N) is 1. The van der Waals surface area contributed by atoms with Crippen LogP contribution in [0, 0.1) is 0 Å². The first-order valence-electron chi connectivity index (χ1n) is 5.98. The number of benzene rings is 1. The predicted molar refractivity (Wildman–Crippen MR) is 80.6 cm³/mol. The van der Waals surface area contributed by atoms with E-state index < -0.39 is 0 Å². The van der Waals surface area contributed by atoms with Crippen molar-refractivity contribution in [3.05, 3.63) is 52.9 Å². The SMILES string of the molecule is Cn1nccc1C(=O)Nc1ccc2cc(Br)cnc2c1. The van der Waals surface area contributed by atoms with Gasteiger partial charge in [0.15, 0.2) is 0 Å². The van der Waals surface area contributed by atoms with Gasteiger partial charge in [-0.3, -0.25) is 14.5 Å². The van der Waals surface area contributed by atoms with Crippen LogP contribution in [-0.2, 0) is 7.05 Å². The third-order valence-electron chi connectivity index (χ3n) is 2.96. The maximum atomic E-state index is 12.1. The van der Waals surface area contributed by atoms with Crippen LogP contribution in [0.2, 0.25) is 0 Å². The van der Waals surface area contributed by atoms with Gasteiger partial charge in [-0.25, -0.2) is 0 Å². The number of amides is 1. The summed E-state index contributed by atoms with van der Waals surface area (Å²) in [5.74, 6) is -0.193. The average Bonchev–Trinajstić information content (AvgIpc) is 2.85. The number of carbonyl (C=O) groups is 1. The number of fused-ring (bicyclic) bond motifs is 1. The fraction of sp³-hybridized carbons (Fsp3) is 0.0714. The fourth-order valence-electron chi connectivity index (χ4n) is 1.96. The van der Waals surface area contributed by atoms with Gasteiger partial charge in [0, 0.05) is 35.0 Å². The minimum absolute atomic E-state index is 0.193. The predicted octanol–water partition coefficient (Wildman–Crippen LogP) is 2.98. The lowest BCUT2D eigenvalue weighted by Crippen LogP contribution is -2.16. The van der Waals surface area contributed by atoms with E-state index in [0.717, 1.165) is 15.4 Å². The molecule has 1 N–H and O–H groups in total. The molecule has 0 saturated heterocycles. The zero-order chi connectivity index (χ0) is 14.1. The normalized spacial score (nSPS) is 10.7. The van der Waals surface area contributed by atoms with Crippen LogP contribution in [-0.4, -0.2) is 20.7 Å². The average molecular weight is 331 g/mol. The van der Waals surface area contributed by atoms with E-state index >= 15 is 0 Å². The lowest BCUT2D eigenvalue weighted by atomic mass is 10.2. The Morgan fingerprint density at radius 2 is 2.15 bits per heavy atom. The molecule has 100 valence electrons. The fourth-order valence-corrected chi connectivity index (χ4v) is 2.31. The van der Waals surface area contributed by atoms with Gasteiger partial charge in [0.2, 0.25) is 0 Å². The Bertz CT molecular complexity index is 797. The molecule has 1 aromatic carbocycles. The third-order valence-corrected chi connectivity index (χ3v) is 3.40. The smallest absolute Gasteiger partial charge is 0.273 e. The molecular formula is C14H11BrN4O. The Kier molecular flexibility index (Phi) is 3.23. The minimum atomic E-state index is -0.193. The number of aryl methyl sites for hydroxylation is 1. The highest BCUT2D eigenvalue weighted by Crippen LogP contribution is 2.21. The van der Waals surface area contributed by atoms with Crippen LogP contribution in [0.15, 0.2) is 47.2 Å². The summed E-state index contributed by atoms with van der Waals surface area (Å²) in [6.45, 7) is 0. The molecule has 5 nitrogen and oxygen atoms in total. The number of aromatic nitrogens is 3. The lowest BCUT2D eigenvalue weighted by molar-refractivity contribution is 0.101. The van der Waals surface area contributed by atoms with Gasteiger partial charge >= 0.3 is 0 Å². The zero-order valence-corrected chi connectivity index (χ0v) is 12.3. The van der Waals surface area contributed by atoms with Crippen molar-refractivity contribution in [1.29, 1.82) is 0 Å². The first-order chi connectivity index (χ1) is 9.63. The van der Waals surface area contributed by atoms with Crippen LogP contribution < -0.4 is 5.32 Å². The van der Waals surface area contributed by atoms with E-state index in [9.17, 15) is 4.79 Å². The summed E-state index contributed by atoms with van der Waals surface area (Å²) < 4.78 is 2.46. The quantitative estimate of drug-likeness (QED) is 0.785. The number of pyridine rings is 1. The van der Waals surface area contributed by atoms with Crippen molar-refractivity contribution in [3.8, 4) is 0 Å². The summed E-state index contributed by atoms with van der Waals surface area (Å²) >= 11 is 3.38. The monoisotopic (exact) mass is 330 g/mol. The van der Waals surface area contributed by atoms with Crippen LogP contribution in [0.3, 0.4) is 0 Å². The number of anilines is 1. The highest BCUT2D eigenvalue weighted by Gasteiger charge is 2.10. The summed E-state index contributed by atoms with van der Waals surface area (Å²) in [4.78, 5) is 16.4. The van der Waals surface area contributed by atoms with Gasteiger partial charge < -0.3 is 5.32 Å². The zero-order valence-electron chi connectivity index (χ0n) is 10.7. The van der Waals surface area contributed by atoms with Gasteiger partial charge in [-0.15, -0.1) is 0 Å². The van der Waals surface area contributed by atoms with E-state index in [0.29, 0.717) is 11.4 Å². The molecule has 0 aliphatic rings. The van der Waals surface area contributed by atoms with Crippen LogP contribution in [0.5, 0.6) is 0 Å². The second kappa shape index (κ2) is 5.05. The molecule has 3 aromatic rings. The van der Waals surface area contributed by atoms with Gasteiger partial charge in [-0.1, -0.05) is 6.07 Å². The highest BCUT2D eigenvalue weighted by molar-refractivity contribution is 9.10. The lowest BCUT2D eigenvalue weighted by Gasteiger charge is -2.06. The highest BCUT2D eigenvalue weighted by atomic mass is 79.9.